The molecule has 0 aliphatic rings. The number of benzene rings is 2. The Labute approximate surface area is 123 Å². The highest BCUT2D eigenvalue weighted by atomic mass is 16.6. The van der Waals surface area contributed by atoms with Crippen molar-refractivity contribution < 1.29 is 4.92 Å². The van der Waals surface area contributed by atoms with Crippen molar-refractivity contribution >= 4 is 11.4 Å². The second kappa shape index (κ2) is 6.53. The lowest BCUT2D eigenvalue weighted by molar-refractivity contribution is -0.384. The molecule has 2 aromatic carbocycles. The minimum Gasteiger partial charge on any atom is -0.377 e. The predicted octanol–water partition coefficient (Wildman–Crippen LogP) is 4.03. The van der Waals surface area contributed by atoms with Gasteiger partial charge in [-0.3, -0.25) is 10.1 Å². The molecule has 1 N–H and O–H groups in total. The minimum atomic E-state index is -0.501. The number of rotatable bonds is 5. The molecular weight excluding hydrogens is 266 g/mol. The van der Waals surface area contributed by atoms with Crippen LogP contribution in [0.25, 0.3) is 0 Å². The molecular formula is C16H15N3O2. The molecule has 0 aromatic heterocycles. The monoisotopic (exact) mass is 281 g/mol. The molecule has 2 aromatic rings. The van der Waals surface area contributed by atoms with E-state index >= 15 is 0 Å². The first-order valence-corrected chi connectivity index (χ1v) is 6.65. The van der Waals surface area contributed by atoms with Gasteiger partial charge in [-0.25, -0.2) is 0 Å². The van der Waals surface area contributed by atoms with Crippen LogP contribution in [0.1, 0.15) is 30.5 Å². The zero-order chi connectivity index (χ0) is 15.2. The SMILES string of the molecule is CCC(Nc1ccc([N+](=O)[O-])cc1C#N)c1ccccc1. The van der Waals surface area contributed by atoms with E-state index in [4.69, 9.17) is 5.26 Å². The molecule has 5 nitrogen and oxygen atoms in total. The first-order chi connectivity index (χ1) is 10.2. The van der Waals surface area contributed by atoms with Crippen molar-refractivity contribution in [2.45, 2.75) is 19.4 Å². The van der Waals surface area contributed by atoms with Crippen molar-refractivity contribution in [1.82, 2.24) is 0 Å². The highest BCUT2D eigenvalue weighted by Crippen LogP contribution is 2.27. The molecule has 1 atom stereocenters. The van der Waals surface area contributed by atoms with E-state index in [1.165, 1.54) is 12.1 Å². The van der Waals surface area contributed by atoms with E-state index in [1.54, 1.807) is 6.07 Å². The van der Waals surface area contributed by atoms with E-state index in [0.717, 1.165) is 12.0 Å². The molecule has 0 saturated carbocycles. The van der Waals surface area contributed by atoms with E-state index in [0.29, 0.717) is 5.69 Å². The average molecular weight is 281 g/mol. The van der Waals surface area contributed by atoms with Crippen LogP contribution in [0.2, 0.25) is 0 Å². The number of nitro benzene ring substituents is 1. The molecule has 0 aliphatic carbocycles. The van der Waals surface area contributed by atoms with Gasteiger partial charge in [0.2, 0.25) is 0 Å². The molecule has 0 bridgehead atoms. The molecule has 21 heavy (non-hydrogen) atoms. The Morgan fingerprint density at radius 2 is 2.00 bits per heavy atom. The summed E-state index contributed by atoms with van der Waals surface area (Å²) in [7, 11) is 0. The Hall–Kier alpha value is -2.87. The van der Waals surface area contributed by atoms with Crippen molar-refractivity contribution in [3.63, 3.8) is 0 Å². The Bertz CT molecular complexity index is 678. The summed E-state index contributed by atoms with van der Waals surface area (Å²) < 4.78 is 0. The summed E-state index contributed by atoms with van der Waals surface area (Å²) in [6, 6.07) is 16.2. The molecule has 1 unspecified atom stereocenters. The molecule has 0 fully saturated rings. The van der Waals surface area contributed by atoms with E-state index < -0.39 is 4.92 Å². The minimum absolute atomic E-state index is 0.0553. The van der Waals surface area contributed by atoms with Crippen LogP contribution in [0.15, 0.2) is 48.5 Å². The molecule has 0 spiro atoms. The van der Waals surface area contributed by atoms with Crippen LogP contribution < -0.4 is 5.32 Å². The third kappa shape index (κ3) is 3.37. The molecule has 0 saturated heterocycles. The van der Waals surface area contributed by atoms with Crippen LogP contribution in [0, 0.1) is 21.4 Å². The third-order valence-electron chi connectivity index (χ3n) is 3.27. The summed E-state index contributed by atoms with van der Waals surface area (Å²) in [5.74, 6) is 0. The van der Waals surface area contributed by atoms with Crippen LogP contribution in [0.5, 0.6) is 0 Å². The van der Waals surface area contributed by atoms with Gasteiger partial charge >= 0.3 is 0 Å². The zero-order valence-electron chi connectivity index (χ0n) is 11.6. The van der Waals surface area contributed by atoms with Crippen LogP contribution in [0.3, 0.4) is 0 Å². The molecule has 0 aliphatic heterocycles. The first-order valence-electron chi connectivity index (χ1n) is 6.65. The van der Waals surface area contributed by atoms with Crippen molar-refractivity contribution in [2.24, 2.45) is 0 Å². The van der Waals surface area contributed by atoms with Gasteiger partial charge in [0, 0.05) is 12.1 Å². The summed E-state index contributed by atoms with van der Waals surface area (Å²) in [5.41, 5.74) is 1.92. The average Bonchev–Trinajstić information content (AvgIpc) is 2.53. The van der Waals surface area contributed by atoms with Crippen LogP contribution in [-0.4, -0.2) is 4.92 Å². The number of nitrogens with one attached hydrogen (secondary N) is 1. The van der Waals surface area contributed by atoms with E-state index in [9.17, 15) is 10.1 Å². The molecule has 5 heteroatoms. The quantitative estimate of drug-likeness (QED) is 0.662. The van der Waals surface area contributed by atoms with Gasteiger partial charge in [-0.2, -0.15) is 5.26 Å². The Kier molecular flexibility index (Phi) is 4.52. The molecule has 0 radical (unpaired) electrons. The van der Waals surface area contributed by atoms with Crippen LogP contribution in [-0.2, 0) is 0 Å². The maximum absolute atomic E-state index is 10.8. The molecule has 106 valence electrons. The highest BCUT2D eigenvalue weighted by Gasteiger charge is 2.14. The summed E-state index contributed by atoms with van der Waals surface area (Å²) in [6.45, 7) is 2.04. The van der Waals surface area contributed by atoms with Gasteiger partial charge in [0.05, 0.1) is 22.2 Å². The van der Waals surface area contributed by atoms with Gasteiger partial charge in [0.25, 0.3) is 5.69 Å². The smallest absolute Gasteiger partial charge is 0.270 e. The molecule has 0 amide bonds. The number of nitriles is 1. The Morgan fingerprint density at radius 3 is 2.57 bits per heavy atom. The van der Waals surface area contributed by atoms with Gasteiger partial charge in [-0.05, 0) is 18.1 Å². The second-order valence-electron chi connectivity index (χ2n) is 4.61. The van der Waals surface area contributed by atoms with E-state index in [-0.39, 0.29) is 17.3 Å². The van der Waals surface area contributed by atoms with E-state index in [2.05, 4.69) is 5.32 Å². The largest absolute Gasteiger partial charge is 0.377 e. The van der Waals surface area contributed by atoms with E-state index in [1.807, 2.05) is 43.3 Å². The fourth-order valence-electron chi connectivity index (χ4n) is 2.16. The maximum Gasteiger partial charge on any atom is 0.270 e. The lowest BCUT2D eigenvalue weighted by Crippen LogP contribution is -2.10. The van der Waals surface area contributed by atoms with Crippen molar-refractivity contribution in [1.29, 1.82) is 5.26 Å². The first kappa shape index (κ1) is 14.5. The van der Waals surface area contributed by atoms with Gasteiger partial charge in [0.15, 0.2) is 0 Å². The number of hydrogen-bond acceptors (Lipinski definition) is 4. The maximum atomic E-state index is 10.8. The number of nitrogens with zero attached hydrogens (tertiary/aromatic N) is 2. The van der Waals surface area contributed by atoms with Crippen molar-refractivity contribution in [3.8, 4) is 6.07 Å². The second-order valence-corrected chi connectivity index (χ2v) is 4.61. The summed E-state index contributed by atoms with van der Waals surface area (Å²) >= 11 is 0. The topological polar surface area (TPSA) is 79.0 Å². The molecule has 0 heterocycles. The predicted molar refractivity (Wildman–Crippen MR) is 80.9 cm³/mol. The Morgan fingerprint density at radius 1 is 1.29 bits per heavy atom. The normalized spacial score (nSPS) is 11.4. The van der Waals surface area contributed by atoms with Crippen molar-refractivity contribution in [3.05, 3.63) is 69.8 Å². The fraction of sp³-hybridized carbons (Fsp3) is 0.188. The van der Waals surface area contributed by atoms with Gasteiger partial charge in [-0.1, -0.05) is 37.3 Å². The summed E-state index contributed by atoms with van der Waals surface area (Å²) in [6.07, 6.45) is 0.839. The van der Waals surface area contributed by atoms with Crippen LogP contribution in [0.4, 0.5) is 11.4 Å². The summed E-state index contributed by atoms with van der Waals surface area (Å²) in [4.78, 5) is 10.3. The number of hydrogen-bond donors (Lipinski definition) is 1. The summed E-state index contributed by atoms with van der Waals surface area (Å²) in [5, 5.41) is 23.2. The fourth-order valence-corrected chi connectivity index (χ4v) is 2.16. The number of anilines is 1. The number of non-ortho nitro benzene ring substituents is 1. The standard InChI is InChI=1S/C16H15N3O2/c1-2-15(12-6-4-3-5-7-12)18-16-9-8-14(19(20)21)10-13(16)11-17/h3-10,15,18H,2H2,1H3. The molecule has 2 rings (SSSR count). The Balaban J connectivity index is 2.30. The lowest BCUT2D eigenvalue weighted by Gasteiger charge is -2.19. The van der Waals surface area contributed by atoms with Gasteiger partial charge in [-0.15, -0.1) is 0 Å². The third-order valence-corrected chi connectivity index (χ3v) is 3.27. The zero-order valence-corrected chi connectivity index (χ0v) is 11.6. The number of nitro groups is 1. The van der Waals surface area contributed by atoms with Crippen LogP contribution >= 0.6 is 0 Å². The van der Waals surface area contributed by atoms with Gasteiger partial charge < -0.3 is 5.32 Å². The van der Waals surface area contributed by atoms with Crippen molar-refractivity contribution in [2.75, 3.05) is 5.32 Å². The van der Waals surface area contributed by atoms with Gasteiger partial charge in [0.1, 0.15) is 6.07 Å². The lowest BCUT2D eigenvalue weighted by atomic mass is 10.0. The highest BCUT2D eigenvalue weighted by molar-refractivity contribution is 5.62.